The van der Waals surface area contributed by atoms with E-state index in [1.54, 1.807) is 4.90 Å². The van der Waals surface area contributed by atoms with E-state index in [0.29, 0.717) is 31.1 Å². The summed E-state index contributed by atoms with van der Waals surface area (Å²) in [7, 11) is 1.45. The fourth-order valence-corrected chi connectivity index (χ4v) is 6.97. The Bertz CT molecular complexity index is 1050. The Kier molecular flexibility index (Phi) is 5.58. The number of hydrogen-bond donors (Lipinski definition) is 1. The average molecular weight is 469 g/mol. The number of likely N-dealkylation sites (tertiary alicyclic amines) is 1. The van der Waals surface area contributed by atoms with E-state index < -0.39 is 10.3 Å². The van der Waals surface area contributed by atoms with Crippen LogP contribution in [0.25, 0.3) is 0 Å². The molecule has 4 saturated carbocycles. The Morgan fingerprint density at radius 3 is 2.65 bits per heavy atom. The van der Waals surface area contributed by atoms with Crippen LogP contribution >= 0.6 is 0 Å². The molecule has 0 spiro atoms. The summed E-state index contributed by atoms with van der Waals surface area (Å²) in [4.78, 5) is 38.0. The maximum atomic E-state index is 13.0. The zero-order chi connectivity index (χ0) is 24.0. The number of nitriles is 1. The highest BCUT2D eigenvalue weighted by Crippen LogP contribution is 2.61. The molecule has 180 valence electrons. The van der Waals surface area contributed by atoms with E-state index in [-0.39, 0.29) is 47.3 Å². The third kappa shape index (κ3) is 3.83. The first-order valence-electron chi connectivity index (χ1n) is 11.8. The molecule has 1 aromatic carbocycles. The molecule has 6 rings (SSSR count). The standard InChI is InChI=1S/C24H28N4O6/c1-33-22(29)24-9-15-6-16(10-24)21(17(7-15)11-24)34-23(30)27-5-4-18(13-27)26-19-3-2-14(12-25)8-20(19)28(31)32/h2-3,8,15-18,21,26H,4-7,9-11,13H2,1H3/t15?,16-,17?,18?,21?,24?/m1/s1. The predicted molar refractivity (Wildman–Crippen MR) is 120 cm³/mol. The van der Waals surface area contributed by atoms with E-state index in [4.69, 9.17) is 14.7 Å². The molecule has 1 aliphatic heterocycles. The maximum Gasteiger partial charge on any atom is 0.410 e. The van der Waals surface area contributed by atoms with E-state index >= 15 is 0 Å². The molecule has 1 aromatic rings. The predicted octanol–water partition coefficient (Wildman–Crippen LogP) is 3.46. The van der Waals surface area contributed by atoms with Gasteiger partial charge in [-0.15, -0.1) is 0 Å². The molecule has 10 heteroatoms. The van der Waals surface area contributed by atoms with Gasteiger partial charge < -0.3 is 19.7 Å². The fraction of sp³-hybridized carbons (Fsp3) is 0.625. The van der Waals surface area contributed by atoms with Gasteiger partial charge in [-0.25, -0.2) is 4.79 Å². The molecule has 5 aliphatic rings. The van der Waals surface area contributed by atoms with Crippen LogP contribution in [0.5, 0.6) is 0 Å². The number of hydrogen-bond acceptors (Lipinski definition) is 8. The molecule has 5 unspecified atom stereocenters. The summed E-state index contributed by atoms with van der Waals surface area (Å²) in [5.74, 6) is 0.747. The van der Waals surface area contributed by atoms with Gasteiger partial charge in [0.2, 0.25) is 0 Å². The first-order chi connectivity index (χ1) is 16.3. The van der Waals surface area contributed by atoms with Crippen molar-refractivity contribution < 1.29 is 24.0 Å². The van der Waals surface area contributed by atoms with Gasteiger partial charge in [-0.3, -0.25) is 14.9 Å². The molecular weight excluding hydrogens is 440 g/mol. The maximum absolute atomic E-state index is 13.0. The zero-order valence-corrected chi connectivity index (χ0v) is 19.1. The van der Waals surface area contributed by atoms with Gasteiger partial charge in [0.1, 0.15) is 11.8 Å². The second-order valence-electron chi connectivity index (χ2n) is 10.3. The topological polar surface area (TPSA) is 135 Å². The monoisotopic (exact) mass is 468 g/mol. The molecule has 1 N–H and O–H groups in total. The summed E-state index contributed by atoms with van der Waals surface area (Å²) >= 11 is 0. The lowest BCUT2D eigenvalue weighted by Crippen LogP contribution is -2.58. The third-order valence-electron chi connectivity index (χ3n) is 8.17. The van der Waals surface area contributed by atoms with Gasteiger partial charge in [0.05, 0.1) is 29.1 Å². The number of anilines is 1. The van der Waals surface area contributed by atoms with Gasteiger partial charge >= 0.3 is 12.1 Å². The summed E-state index contributed by atoms with van der Waals surface area (Å²) in [6, 6.07) is 6.07. The van der Waals surface area contributed by atoms with Crippen LogP contribution < -0.4 is 5.32 Å². The number of nitro groups is 1. The molecule has 4 aliphatic carbocycles. The second-order valence-corrected chi connectivity index (χ2v) is 10.3. The molecule has 5 fully saturated rings. The Balaban J connectivity index is 1.21. The van der Waals surface area contributed by atoms with E-state index in [1.165, 1.54) is 25.3 Å². The van der Waals surface area contributed by atoms with Crippen LogP contribution in [-0.2, 0) is 14.3 Å². The van der Waals surface area contributed by atoms with Crippen molar-refractivity contribution in [3.63, 3.8) is 0 Å². The molecule has 4 bridgehead atoms. The summed E-state index contributed by atoms with van der Waals surface area (Å²) < 4.78 is 11.1. The Labute approximate surface area is 197 Å². The number of amides is 1. The van der Waals surface area contributed by atoms with Gasteiger partial charge in [-0.1, -0.05) is 0 Å². The SMILES string of the molecule is COC(=O)C12CC3CC(C1)C(OC(=O)N1CCC(Nc4ccc(C#N)cc4[N+](=O)[O-])C1)[C@H](C3)C2. The first-order valence-corrected chi connectivity index (χ1v) is 11.8. The van der Waals surface area contributed by atoms with Crippen LogP contribution in [0.4, 0.5) is 16.2 Å². The number of methoxy groups -OCH3 is 1. The number of nitrogens with zero attached hydrogens (tertiary/aromatic N) is 3. The van der Waals surface area contributed by atoms with Crippen molar-refractivity contribution in [3.05, 3.63) is 33.9 Å². The smallest absolute Gasteiger partial charge is 0.410 e. The van der Waals surface area contributed by atoms with Crippen LogP contribution in [0.3, 0.4) is 0 Å². The fourth-order valence-electron chi connectivity index (χ4n) is 6.97. The van der Waals surface area contributed by atoms with Crippen molar-refractivity contribution in [1.29, 1.82) is 5.26 Å². The minimum atomic E-state index is -0.516. The summed E-state index contributed by atoms with van der Waals surface area (Å²) in [5.41, 5.74) is -0.0165. The highest BCUT2D eigenvalue weighted by atomic mass is 16.6. The minimum absolute atomic E-state index is 0.123. The normalized spacial score (nSPS) is 33.3. The number of benzene rings is 1. The minimum Gasteiger partial charge on any atom is -0.469 e. The number of ether oxygens (including phenoxy) is 2. The number of nitro benzene ring substituents is 1. The highest BCUT2D eigenvalue weighted by Gasteiger charge is 2.60. The lowest BCUT2D eigenvalue weighted by molar-refractivity contribution is -0.384. The average Bonchev–Trinajstić information content (AvgIpc) is 3.29. The van der Waals surface area contributed by atoms with E-state index in [0.717, 1.165) is 32.1 Å². The second kappa shape index (κ2) is 8.46. The molecule has 1 heterocycles. The molecule has 1 saturated heterocycles. The quantitative estimate of drug-likeness (QED) is 0.394. The lowest BCUT2D eigenvalue weighted by Gasteiger charge is -2.57. The van der Waals surface area contributed by atoms with Crippen molar-refractivity contribution in [1.82, 2.24) is 4.90 Å². The van der Waals surface area contributed by atoms with Gasteiger partial charge in [0.25, 0.3) is 5.69 Å². The summed E-state index contributed by atoms with van der Waals surface area (Å²) in [6.07, 6.45) is 4.40. The van der Waals surface area contributed by atoms with Crippen LogP contribution in [0, 0.1) is 44.6 Å². The van der Waals surface area contributed by atoms with Gasteiger partial charge in [-0.05, 0) is 68.4 Å². The largest absolute Gasteiger partial charge is 0.469 e. The lowest BCUT2D eigenvalue weighted by atomic mass is 9.48. The van der Waals surface area contributed by atoms with E-state index in [2.05, 4.69) is 5.32 Å². The van der Waals surface area contributed by atoms with Crippen molar-refractivity contribution in [2.24, 2.45) is 23.2 Å². The molecule has 10 nitrogen and oxygen atoms in total. The summed E-state index contributed by atoms with van der Waals surface area (Å²) in [6.45, 7) is 0.879. The molecule has 6 atom stereocenters. The van der Waals surface area contributed by atoms with Crippen LogP contribution in [0.15, 0.2) is 18.2 Å². The number of nitrogens with one attached hydrogen (secondary N) is 1. The van der Waals surface area contributed by atoms with Crippen molar-refractivity contribution in [2.45, 2.75) is 50.7 Å². The van der Waals surface area contributed by atoms with Crippen molar-refractivity contribution >= 4 is 23.4 Å². The van der Waals surface area contributed by atoms with Crippen LogP contribution in [0.1, 0.15) is 44.1 Å². The van der Waals surface area contributed by atoms with Crippen LogP contribution in [-0.4, -0.2) is 54.2 Å². The van der Waals surface area contributed by atoms with E-state index in [1.807, 2.05) is 6.07 Å². The van der Waals surface area contributed by atoms with Gasteiger partial charge in [0, 0.05) is 25.2 Å². The highest BCUT2D eigenvalue weighted by molar-refractivity contribution is 5.77. The third-order valence-corrected chi connectivity index (χ3v) is 8.17. The van der Waals surface area contributed by atoms with Gasteiger partial charge in [-0.2, -0.15) is 5.26 Å². The Morgan fingerprint density at radius 2 is 2.00 bits per heavy atom. The molecule has 1 amide bonds. The zero-order valence-electron chi connectivity index (χ0n) is 19.1. The Hall–Kier alpha value is -3.35. The molecule has 0 aromatic heterocycles. The number of carbonyl (C=O) groups is 2. The van der Waals surface area contributed by atoms with Crippen LogP contribution in [0.2, 0.25) is 0 Å². The molecular formula is C24H28N4O6. The number of esters is 1. The van der Waals surface area contributed by atoms with Gasteiger partial charge in [0.15, 0.2) is 0 Å². The number of rotatable bonds is 5. The molecule has 34 heavy (non-hydrogen) atoms. The molecule has 0 radical (unpaired) electrons. The van der Waals surface area contributed by atoms with Crippen molar-refractivity contribution in [2.75, 3.05) is 25.5 Å². The first kappa shape index (κ1) is 22.4. The Morgan fingerprint density at radius 1 is 1.26 bits per heavy atom. The van der Waals surface area contributed by atoms with E-state index in [9.17, 15) is 19.7 Å². The summed E-state index contributed by atoms with van der Waals surface area (Å²) in [5, 5.41) is 23.6. The van der Waals surface area contributed by atoms with Crippen molar-refractivity contribution in [3.8, 4) is 6.07 Å². The number of carbonyl (C=O) groups excluding carboxylic acids is 2.